The van der Waals surface area contributed by atoms with E-state index in [9.17, 15) is 4.79 Å². The molecule has 3 nitrogen and oxygen atoms in total. The molecule has 0 aliphatic carbocycles. The molecule has 0 fully saturated rings. The van der Waals surface area contributed by atoms with Crippen molar-refractivity contribution in [2.75, 3.05) is 6.61 Å². The molecule has 0 bridgehead atoms. The summed E-state index contributed by atoms with van der Waals surface area (Å²) in [5.74, 6) is 0.591. The highest BCUT2D eigenvalue weighted by Gasteiger charge is 2.11. The van der Waals surface area contributed by atoms with E-state index in [0.717, 1.165) is 11.1 Å². The SMILES string of the molecule is O=C(COc1ccc(Cl)cc1Cc1ccccc1)c1ccc[nH]1. The van der Waals surface area contributed by atoms with E-state index in [1.807, 2.05) is 30.3 Å². The zero-order valence-corrected chi connectivity index (χ0v) is 13.2. The smallest absolute Gasteiger partial charge is 0.216 e. The first-order valence-electron chi connectivity index (χ1n) is 7.34. The van der Waals surface area contributed by atoms with Gasteiger partial charge in [-0.2, -0.15) is 0 Å². The van der Waals surface area contributed by atoms with Crippen LogP contribution in [0.15, 0.2) is 66.9 Å². The largest absolute Gasteiger partial charge is 0.485 e. The predicted octanol–water partition coefficient (Wildman–Crippen LogP) is 4.52. The fourth-order valence-electron chi connectivity index (χ4n) is 2.37. The summed E-state index contributed by atoms with van der Waals surface area (Å²) < 4.78 is 5.72. The zero-order chi connectivity index (χ0) is 16.1. The fraction of sp³-hybridized carbons (Fsp3) is 0.105. The lowest BCUT2D eigenvalue weighted by atomic mass is 10.0. The van der Waals surface area contributed by atoms with Crippen LogP contribution >= 0.6 is 11.6 Å². The highest BCUT2D eigenvalue weighted by atomic mass is 35.5. The van der Waals surface area contributed by atoms with Crippen LogP contribution in [0.4, 0.5) is 0 Å². The molecule has 0 amide bonds. The third-order valence-electron chi connectivity index (χ3n) is 3.52. The molecule has 3 rings (SSSR count). The van der Waals surface area contributed by atoms with Gasteiger partial charge in [0.1, 0.15) is 5.75 Å². The molecule has 0 aliphatic heterocycles. The number of H-pyrrole nitrogens is 1. The van der Waals surface area contributed by atoms with Gasteiger partial charge in [-0.25, -0.2) is 0 Å². The first kappa shape index (κ1) is 15.4. The molecular formula is C19H16ClNO2. The fourth-order valence-corrected chi connectivity index (χ4v) is 2.56. The van der Waals surface area contributed by atoms with Crippen molar-refractivity contribution in [3.05, 3.63) is 88.7 Å². The van der Waals surface area contributed by atoms with Crippen LogP contribution in [0.3, 0.4) is 0 Å². The Balaban J connectivity index is 1.75. The zero-order valence-electron chi connectivity index (χ0n) is 12.5. The van der Waals surface area contributed by atoms with Crippen LogP contribution in [0.5, 0.6) is 5.75 Å². The number of aromatic amines is 1. The van der Waals surface area contributed by atoms with Crippen molar-refractivity contribution in [3.63, 3.8) is 0 Å². The maximum atomic E-state index is 12.0. The number of halogens is 1. The van der Waals surface area contributed by atoms with Gasteiger partial charge in [-0.3, -0.25) is 4.79 Å². The van der Waals surface area contributed by atoms with Crippen molar-refractivity contribution >= 4 is 17.4 Å². The van der Waals surface area contributed by atoms with Crippen LogP contribution in [0.2, 0.25) is 5.02 Å². The molecule has 0 spiro atoms. The Hall–Kier alpha value is -2.52. The average Bonchev–Trinajstić information content (AvgIpc) is 3.09. The summed E-state index contributed by atoms with van der Waals surface area (Å²) in [6.45, 7) is -0.00998. The van der Waals surface area contributed by atoms with Gasteiger partial charge in [0.2, 0.25) is 5.78 Å². The molecule has 1 aromatic heterocycles. The Kier molecular flexibility index (Phi) is 4.79. The molecule has 0 saturated carbocycles. The van der Waals surface area contributed by atoms with Crippen LogP contribution in [0.1, 0.15) is 21.6 Å². The maximum absolute atomic E-state index is 12.0. The van der Waals surface area contributed by atoms with Crippen molar-refractivity contribution in [2.24, 2.45) is 0 Å². The molecule has 3 aromatic rings. The number of hydrogen-bond acceptors (Lipinski definition) is 2. The van der Waals surface area contributed by atoms with Gasteiger partial charge in [-0.05, 0) is 41.5 Å². The van der Waals surface area contributed by atoms with Gasteiger partial charge in [0.05, 0.1) is 5.69 Å². The number of hydrogen-bond donors (Lipinski definition) is 1. The average molecular weight is 326 g/mol. The number of carbonyl (C=O) groups is 1. The van der Waals surface area contributed by atoms with Gasteiger partial charge in [-0.1, -0.05) is 41.9 Å². The lowest BCUT2D eigenvalue weighted by Gasteiger charge is -2.11. The number of ketones is 1. The van der Waals surface area contributed by atoms with Crippen molar-refractivity contribution in [2.45, 2.75) is 6.42 Å². The number of ether oxygens (including phenoxy) is 1. The predicted molar refractivity (Wildman–Crippen MR) is 91.3 cm³/mol. The third kappa shape index (κ3) is 4.02. The van der Waals surface area contributed by atoms with Crippen LogP contribution in [-0.2, 0) is 6.42 Å². The van der Waals surface area contributed by atoms with Gasteiger partial charge in [0.25, 0.3) is 0 Å². The molecule has 0 radical (unpaired) electrons. The summed E-state index contributed by atoms with van der Waals surface area (Å²) >= 11 is 6.10. The molecule has 2 aromatic carbocycles. The van der Waals surface area contributed by atoms with Crippen molar-refractivity contribution < 1.29 is 9.53 Å². The Morgan fingerprint density at radius 3 is 2.61 bits per heavy atom. The third-order valence-corrected chi connectivity index (χ3v) is 3.75. The molecule has 1 N–H and O–H groups in total. The lowest BCUT2D eigenvalue weighted by Crippen LogP contribution is -2.12. The minimum absolute atomic E-state index is 0.00998. The molecule has 0 unspecified atom stereocenters. The van der Waals surface area contributed by atoms with Gasteiger partial charge in [0, 0.05) is 17.6 Å². The van der Waals surface area contributed by atoms with Crippen LogP contribution in [-0.4, -0.2) is 17.4 Å². The Bertz CT molecular complexity index is 782. The summed E-state index contributed by atoms with van der Waals surface area (Å²) in [5.41, 5.74) is 2.67. The molecular weight excluding hydrogens is 310 g/mol. The molecule has 0 aliphatic rings. The van der Waals surface area contributed by atoms with Gasteiger partial charge >= 0.3 is 0 Å². The van der Waals surface area contributed by atoms with Crippen molar-refractivity contribution in [1.82, 2.24) is 4.98 Å². The monoisotopic (exact) mass is 325 g/mol. The molecule has 23 heavy (non-hydrogen) atoms. The quantitative estimate of drug-likeness (QED) is 0.677. The molecule has 0 saturated heterocycles. The summed E-state index contributed by atoms with van der Waals surface area (Å²) in [6.07, 6.45) is 2.42. The van der Waals surface area contributed by atoms with Crippen molar-refractivity contribution in [3.8, 4) is 5.75 Å². The standard InChI is InChI=1S/C19H16ClNO2/c20-16-8-9-19(23-13-18(22)17-7-4-10-21-17)15(12-16)11-14-5-2-1-3-6-14/h1-10,12,21H,11,13H2. The van der Waals surface area contributed by atoms with E-state index in [4.69, 9.17) is 16.3 Å². The molecule has 1 heterocycles. The highest BCUT2D eigenvalue weighted by Crippen LogP contribution is 2.25. The summed E-state index contributed by atoms with van der Waals surface area (Å²) in [7, 11) is 0. The van der Waals surface area contributed by atoms with Gasteiger partial charge in [-0.15, -0.1) is 0 Å². The van der Waals surface area contributed by atoms with E-state index in [1.54, 1.807) is 24.4 Å². The number of benzene rings is 2. The minimum Gasteiger partial charge on any atom is -0.485 e. The Labute approximate surface area is 139 Å². The Morgan fingerprint density at radius 1 is 1.04 bits per heavy atom. The first-order valence-corrected chi connectivity index (χ1v) is 7.72. The summed E-state index contributed by atoms with van der Waals surface area (Å²) in [6, 6.07) is 19.0. The second kappa shape index (κ2) is 7.16. The lowest BCUT2D eigenvalue weighted by molar-refractivity contribution is 0.0916. The summed E-state index contributed by atoms with van der Waals surface area (Å²) in [5, 5.41) is 0.652. The number of carbonyl (C=O) groups excluding carboxylic acids is 1. The van der Waals surface area contributed by atoms with E-state index < -0.39 is 0 Å². The second-order valence-electron chi connectivity index (χ2n) is 5.21. The number of Topliss-reactive ketones (excluding diaryl/α,β-unsaturated/α-hetero) is 1. The van der Waals surface area contributed by atoms with Crippen molar-refractivity contribution in [1.29, 1.82) is 0 Å². The first-order chi connectivity index (χ1) is 11.2. The topological polar surface area (TPSA) is 42.1 Å². The van der Waals surface area contributed by atoms with Crippen LogP contribution in [0.25, 0.3) is 0 Å². The number of rotatable bonds is 6. The molecule has 4 heteroatoms. The normalized spacial score (nSPS) is 10.5. The molecule has 0 atom stereocenters. The minimum atomic E-state index is -0.0874. The van der Waals surface area contributed by atoms with Gasteiger partial charge < -0.3 is 9.72 Å². The van der Waals surface area contributed by atoms with Crippen LogP contribution in [0, 0.1) is 0 Å². The Morgan fingerprint density at radius 2 is 1.87 bits per heavy atom. The second-order valence-corrected chi connectivity index (χ2v) is 5.65. The van der Waals surface area contributed by atoms with Crippen LogP contribution < -0.4 is 4.74 Å². The van der Waals surface area contributed by atoms with E-state index in [2.05, 4.69) is 17.1 Å². The highest BCUT2D eigenvalue weighted by molar-refractivity contribution is 6.30. The van der Waals surface area contributed by atoms with E-state index >= 15 is 0 Å². The maximum Gasteiger partial charge on any atom is 0.216 e. The molecule has 116 valence electrons. The van der Waals surface area contributed by atoms with Gasteiger partial charge in [0.15, 0.2) is 6.61 Å². The number of nitrogens with one attached hydrogen (secondary N) is 1. The summed E-state index contributed by atoms with van der Waals surface area (Å²) in [4.78, 5) is 14.9. The number of aromatic nitrogens is 1. The van der Waals surface area contributed by atoms with E-state index in [1.165, 1.54) is 0 Å². The van der Waals surface area contributed by atoms with E-state index in [-0.39, 0.29) is 12.4 Å². The van der Waals surface area contributed by atoms with E-state index in [0.29, 0.717) is 22.9 Å².